The smallest absolute Gasteiger partial charge is 0.0964 e. The molecule has 0 unspecified atom stereocenters. The summed E-state index contributed by atoms with van der Waals surface area (Å²) in [5.41, 5.74) is 7.83. The van der Waals surface area contributed by atoms with Crippen molar-refractivity contribution in [1.29, 1.82) is 0 Å². The van der Waals surface area contributed by atoms with E-state index >= 15 is 0 Å². The molecule has 6 heteroatoms. The first kappa shape index (κ1) is 18.9. The van der Waals surface area contributed by atoms with Crippen LogP contribution in [0.2, 0.25) is 0 Å². The van der Waals surface area contributed by atoms with Gasteiger partial charge in [-0.2, -0.15) is 10.2 Å². The van der Waals surface area contributed by atoms with Crippen LogP contribution in [0.25, 0.3) is 22.5 Å². The molecule has 0 saturated carbocycles. The molecule has 4 aromatic rings. The number of H-pyrrole nitrogens is 1. The van der Waals surface area contributed by atoms with Crippen LogP contribution in [0.15, 0.2) is 61.7 Å². The van der Waals surface area contributed by atoms with Crippen LogP contribution in [-0.2, 0) is 19.5 Å². The Hall–Kier alpha value is -3.41. The predicted molar refractivity (Wildman–Crippen MR) is 115 cm³/mol. The highest BCUT2D eigenvalue weighted by molar-refractivity contribution is 5.78. The predicted octanol–water partition coefficient (Wildman–Crippen LogP) is 4.57. The van der Waals surface area contributed by atoms with Gasteiger partial charge in [0.15, 0.2) is 0 Å². The Morgan fingerprint density at radius 3 is 2.69 bits per heavy atom. The minimum atomic E-state index is 0.688. The number of aromatic amines is 1. The molecular formula is C23H26N6. The summed E-state index contributed by atoms with van der Waals surface area (Å²) in [6, 6.07) is 10.3. The van der Waals surface area contributed by atoms with E-state index in [1.54, 1.807) is 0 Å². The zero-order valence-electron chi connectivity index (χ0n) is 17.0. The van der Waals surface area contributed by atoms with Crippen molar-refractivity contribution in [2.45, 2.75) is 39.8 Å². The number of benzene rings is 1. The maximum atomic E-state index is 4.76. The van der Waals surface area contributed by atoms with Crippen molar-refractivity contribution in [3.8, 4) is 22.5 Å². The van der Waals surface area contributed by atoms with Crippen molar-refractivity contribution in [2.24, 2.45) is 0 Å². The average molecular weight is 387 g/mol. The van der Waals surface area contributed by atoms with Crippen molar-refractivity contribution in [2.75, 3.05) is 0 Å². The molecule has 4 rings (SSSR count). The van der Waals surface area contributed by atoms with E-state index in [1.165, 1.54) is 5.56 Å². The topological polar surface area (TPSA) is 64.3 Å². The van der Waals surface area contributed by atoms with Gasteiger partial charge < -0.3 is 4.57 Å². The molecule has 0 aliphatic rings. The van der Waals surface area contributed by atoms with Crippen molar-refractivity contribution in [1.82, 2.24) is 29.5 Å². The number of aromatic nitrogens is 6. The molecule has 0 atom stereocenters. The van der Waals surface area contributed by atoms with Gasteiger partial charge in [-0.15, -0.1) is 6.58 Å². The molecule has 0 saturated heterocycles. The third kappa shape index (κ3) is 3.92. The van der Waals surface area contributed by atoms with Gasteiger partial charge in [0.1, 0.15) is 0 Å². The number of aryl methyl sites for hydroxylation is 3. The van der Waals surface area contributed by atoms with Crippen molar-refractivity contribution in [3.05, 3.63) is 78.7 Å². The van der Waals surface area contributed by atoms with Gasteiger partial charge in [0.25, 0.3) is 0 Å². The molecule has 3 aromatic heterocycles. The van der Waals surface area contributed by atoms with E-state index in [1.807, 2.05) is 41.5 Å². The fraction of sp³-hybridized carbons (Fsp3) is 0.261. The summed E-state index contributed by atoms with van der Waals surface area (Å²) in [6.45, 7) is 9.51. The summed E-state index contributed by atoms with van der Waals surface area (Å²) in [5.74, 6) is 0. The zero-order chi connectivity index (χ0) is 20.2. The molecule has 6 nitrogen and oxygen atoms in total. The van der Waals surface area contributed by atoms with Crippen molar-refractivity contribution >= 4 is 0 Å². The molecular weight excluding hydrogens is 360 g/mol. The maximum absolute atomic E-state index is 4.76. The van der Waals surface area contributed by atoms with E-state index in [0.717, 1.165) is 53.3 Å². The molecule has 0 radical (unpaired) electrons. The normalized spacial score (nSPS) is 11.1. The summed E-state index contributed by atoms with van der Waals surface area (Å²) in [7, 11) is 0. The molecule has 1 N–H and O–H groups in total. The largest absolute Gasteiger partial charge is 0.330 e. The molecule has 0 aliphatic heterocycles. The van der Waals surface area contributed by atoms with Crippen LogP contribution in [-0.4, -0.2) is 29.5 Å². The molecule has 0 aliphatic carbocycles. The third-order valence-electron chi connectivity index (χ3n) is 5.21. The Kier molecular flexibility index (Phi) is 5.42. The highest BCUT2D eigenvalue weighted by Crippen LogP contribution is 2.31. The molecule has 3 heterocycles. The molecule has 148 valence electrons. The second kappa shape index (κ2) is 8.31. The highest BCUT2D eigenvalue weighted by atomic mass is 15.3. The molecule has 1 aromatic carbocycles. The number of rotatable bonds is 8. The summed E-state index contributed by atoms with van der Waals surface area (Å²) in [6.07, 6.45) is 9.76. The Labute approximate surface area is 170 Å². The standard InChI is InChI=1S/C23H26N6/c1-4-12-29-15-20(14-25-29)23-22(19-9-6-5-7-10-19)24-16-28(23)13-8-11-21-17(2)26-27-18(21)3/h4-7,9-10,14-16H,1,8,11-13H2,2-3H3,(H,26,27). The van der Waals surface area contributed by atoms with Gasteiger partial charge >= 0.3 is 0 Å². The van der Waals surface area contributed by atoms with Gasteiger partial charge in [-0.3, -0.25) is 9.78 Å². The van der Waals surface area contributed by atoms with Crippen LogP contribution in [0.1, 0.15) is 23.4 Å². The first-order chi connectivity index (χ1) is 14.2. The quantitative estimate of drug-likeness (QED) is 0.451. The second-order valence-electron chi connectivity index (χ2n) is 7.26. The van der Waals surface area contributed by atoms with Crippen LogP contribution in [0.3, 0.4) is 0 Å². The second-order valence-corrected chi connectivity index (χ2v) is 7.26. The number of imidazole rings is 1. The van der Waals surface area contributed by atoms with E-state index < -0.39 is 0 Å². The fourth-order valence-electron chi connectivity index (χ4n) is 3.75. The Bertz CT molecular complexity index is 1080. The molecule has 0 spiro atoms. The summed E-state index contributed by atoms with van der Waals surface area (Å²) < 4.78 is 4.13. The SMILES string of the molecule is C=CCn1cc(-c2c(-c3ccccc3)ncn2CCCc2c(C)n[nH]c2C)cn1. The average Bonchev–Trinajstić information content (AvgIpc) is 3.44. The van der Waals surface area contributed by atoms with Crippen molar-refractivity contribution < 1.29 is 0 Å². The first-order valence-corrected chi connectivity index (χ1v) is 9.92. The van der Waals surface area contributed by atoms with Gasteiger partial charge in [-0.1, -0.05) is 36.4 Å². The molecule has 0 amide bonds. The zero-order valence-corrected chi connectivity index (χ0v) is 17.0. The van der Waals surface area contributed by atoms with E-state index in [0.29, 0.717) is 6.54 Å². The molecule has 29 heavy (non-hydrogen) atoms. The summed E-state index contributed by atoms with van der Waals surface area (Å²) in [4.78, 5) is 4.76. The van der Waals surface area contributed by atoms with Crippen LogP contribution in [0.5, 0.6) is 0 Å². The van der Waals surface area contributed by atoms with Crippen LogP contribution in [0.4, 0.5) is 0 Å². The molecule has 0 fully saturated rings. The lowest BCUT2D eigenvalue weighted by atomic mass is 10.1. The number of nitrogens with one attached hydrogen (secondary N) is 1. The van der Waals surface area contributed by atoms with Crippen LogP contribution in [0, 0.1) is 13.8 Å². The van der Waals surface area contributed by atoms with Gasteiger partial charge in [0.2, 0.25) is 0 Å². The summed E-state index contributed by atoms with van der Waals surface area (Å²) in [5, 5.41) is 11.9. The van der Waals surface area contributed by atoms with Crippen LogP contribution >= 0.6 is 0 Å². The molecule has 0 bridgehead atoms. The van der Waals surface area contributed by atoms with Crippen molar-refractivity contribution in [3.63, 3.8) is 0 Å². The van der Waals surface area contributed by atoms with Gasteiger partial charge in [-0.25, -0.2) is 4.98 Å². The minimum absolute atomic E-state index is 0.688. The van der Waals surface area contributed by atoms with Crippen LogP contribution < -0.4 is 0 Å². The van der Waals surface area contributed by atoms with E-state index in [9.17, 15) is 0 Å². The van der Waals surface area contributed by atoms with E-state index in [2.05, 4.69) is 58.6 Å². The number of nitrogens with zero attached hydrogens (tertiary/aromatic N) is 5. The maximum Gasteiger partial charge on any atom is 0.0964 e. The summed E-state index contributed by atoms with van der Waals surface area (Å²) >= 11 is 0. The minimum Gasteiger partial charge on any atom is -0.330 e. The lowest BCUT2D eigenvalue weighted by molar-refractivity contribution is 0.644. The lowest BCUT2D eigenvalue weighted by Crippen LogP contribution is -2.02. The van der Waals surface area contributed by atoms with Gasteiger partial charge in [0.05, 0.1) is 36.2 Å². The van der Waals surface area contributed by atoms with E-state index in [4.69, 9.17) is 4.98 Å². The Morgan fingerprint density at radius 2 is 1.97 bits per heavy atom. The first-order valence-electron chi connectivity index (χ1n) is 9.92. The Balaban J connectivity index is 1.64. The third-order valence-corrected chi connectivity index (χ3v) is 5.21. The number of allylic oxidation sites excluding steroid dienone is 1. The highest BCUT2D eigenvalue weighted by Gasteiger charge is 2.17. The van der Waals surface area contributed by atoms with Gasteiger partial charge in [0, 0.05) is 29.6 Å². The Morgan fingerprint density at radius 1 is 1.14 bits per heavy atom. The number of hydrogen-bond acceptors (Lipinski definition) is 3. The monoisotopic (exact) mass is 386 g/mol. The van der Waals surface area contributed by atoms with E-state index in [-0.39, 0.29) is 0 Å². The lowest BCUT2D eigenvalue weighted by Gasteiger charge is -2.09. The van der Waals surface area contributed by atoms with Gasteiger partial charge in [-0.05, 0) is 32.3 Å². The fourth-order valence-corrected chi connectivity index (χ4v) is 3.75. The number of hydrogen-bond donors (Lipinski definition) is 1.